The number of rotatable bonds is 6. The van der Waals surface area contributed by atoms with E-state index in [2.05, 4.69) is 15.6 Å². The number of aliphatic carboxylic acids is 1. The lowest BCUT2D eigenvalue weighted by molar-refractivity contribution is -0.146. The van der Waals surface area contributed by atoms with Gasteiger partial charge in [-0.15, -0.1) is 5.10 Å². The van der Waals surface area contributed by atoms with E-state index in [9.17, 15) is 9.59 Å². The molecule has 2 rings (SSSR count). The molecule has 0 saturated carbocycles. The van der Waals surface area contributed by atoms with E-state index in [0.717, 1.165) is 11.4 Å². The molecule has 23 heavy (non-hydrogen) atoms. The third kappa shape index (κ3) is 3.94. The summed E-state index contributed by atoms with van der Waals surface area (Å²) in [5, 5.41) is 19.8. The maximum Gasteiger partial charge on any atom is 0.310 e. The van der Waals surface area contributed by atoms with Gasteiger partial charge in [0.05, 0.1) is 28.9 Å². The highest BCUT2D eigenvalue weighted by atomic mass is 16.4. The van der Waals surface area contributed by atoms with Gasteiger partial charge in [0.1, 0.15) is 0 Å². The van der Waals surface area contributed by atoms with Crippen LogP contribution in [0.4, 0.5) is 0 Å². The molecule has 0 aliphatic rings. The van der Waals surface area contributed by atoms with Gasteiger partial charge in [0, 0.05) is 6.54 Å². The van der Waals surface area contributed by atoms with Gasteiger partial charge in [0.2, 0.25) is 5.91 Å². The van der Waals surface area contributed by atoms with E-state index in [1.165, 1.54) is 0 Å². The summed E-state index contributed by atoms with van der Waals surface area (Å²) < 4.78 is 1.67. The molecule has 7 heteroatoms. The highest BCUT2D eigenvalue weighted by molar-refractivity contribution is 5.80. The van der Waals surface area contributed by atoms with Crippen molar-refractivity contribution in [2.75, 3.05) is 6.54 Å². The normalized spacial score (nSPS) is 11.3. The average Bonchev–Trinajstić information content (AvgIpc) is 2.87. The van der Waals surface area contributed by atoms with Crippen molar-refractivity contribution in [3.8, 4) is 5.69 Å². The Morgan fingerprint density at radius 2 is 1.91 bits per heavy atom. The molecule has 1 aromatic carbocycles. The number of amides is 1. The van der Waals surface area contributed by atoms with E-state index in [4.69, 9.17) is 5.11 Å². The fourth-order valence-electron chi connectivity index (χ4n) is 1.95. The number of hydrogen-bond donors (Lipinski definition) is 2. The Morgan fingerprint density at radius 3 is 2.52 bits per heavy atom. The number of aromatic nitrogens is 3. The fraction of sp³-hybridized carbons (Fsp3) is 0.375. The van der Waals surface area contributed by atoms with Crippen LogP contribution in [0.15, 0.2) is 30.3 Å². The first-order chi connectivity index (χ1) is 10.8. The number of carbonyl (C=O) groups excluding carboxylic acids is 1. The molecule has 0 spiro atoms. The van der Waals surface area contributed by atoms with E-state index in [1.54, 1.807) is 18.5 Å². The zero-order valence-corrected chi connectivity index (χ0v) is 13.4. The Kier molecular flexibility index (Phi) is 4.78. The van der Waals surface area contributed by atoms with Gasteiger partial charge in [-0.05, 0) is 32.9 Å². The number of para-hydroxylation sites is 1. The van der Waals surface area contributed by atoms with Crippen molar-refractivity contribution in [1.82, 2.24) is 20.3 Å². The third-order valence-electron chi connectivity index (χ3n) is 3.63. The fourth-order valence-corrected chi connectivity index (χ4v) is 1.95. The molecule has 0 aliphatic heterocycles. The topological polar surface area (TPSA) is 97.1 Å². The quantitative estimate of drug-likeness (QED) is 0.838. The zero-order chi connectivity index (χ0) is 17.0. The van der Waals surface area contributed by atoms with Gasteiger partial charge in [-0.1, -0.05) is 23.4 Å². The minimum absolute atomic E-state index is 0.0625. The predicted octanol–water partition coefficient (Wildman–Crippen LogP) is 1.35. The van der Waals surface area contributed by atoms with Crippen molar-refractivity contribution in [3.05, 3.63) is 41.7 Å². The third-order valence-corrected chi connectivity index (χ3v) is 3.63. The Balaban J connectivity index is 2.03. The number of benzene rings is 1. The lowest BCUT2D eigenvalue weighted by Crippen LogP contribution is -2.39. The van der Waals surface area contributed by atoms with Crippen molar-refractivity contribution in [1.29, 1.82) is 0 Å². The first-order valence-corrected chi connectivity index (χ1v) is 7.28. The van der Waals surface area contributed by atoms with Crippen molar-refractivity contribution in [3.63, 3.8) is 0 Å². The maximum absolute atomic E-state index is 12.0. The van der Waals surface area contributed by atoms with Gasteiger partial charge in [0.25, 0.3) is 0 Å². The van der Waals surface area contributed by atoms with Gasteiger partial charge in [-0.2, -0.15) is 0 Å². The minimum Gasteiger partial charge on any atom is -0.481 e. The van der Waals surface area contributed by atoms with Crippen LogP contribution >= 0.6 is 0 Å². The molecule has 0 radical (unpaired) electrons. The second-order valence-corrected chi connectivity index (χ2v) is 6.01. The Labute approximate surface area is 134 Å². The summed E-state index contributed by atoms with van der Waals surface area (Å²) in [6.45, 7) is 5.03. The van der Waals surface area contributed by atoms with Crippen LogP contribution in [0.3, 0.4) is 0 Å². The molecular weight excluding hydrogens is 296 g/mol. The molecule has 0 fully saturated rings. The molecule has 0 aliphatic carbocycles. The van der Waals surface area contributed by atoms with Crippen LogP contribution in [0.5, 0.6) is 0 Å². The Morgan fingerprint density at radius 1 is 1.26 bits per heavy atom. The monoisotopic (exact) mass is 316 g/mol. The predicted molar refractivity (Wildman–Crippen MR) is 84.2 cm³/mol. The van der Waals surface area contributed by atoms with Crippen molar-refractivity contribution in [2.24, 2.45) is 5.41 Å². The molecule has 1 aromatic heterocycles. The molecule has 7 nitrogen and oxygen atoms in total. The second kappa shape index (κ2) is 6.60. The summed E-state index contributed by atoms with van der Waals surface area (Å²) in [5.74, 6) is -1.23. The molecule has 0 atom stereocenters. The highest BCUT2D eigenvalue weighted by Gasteiger charge is 2.27. The molecule has 2 N–H and O–H groups in total. The SMILES string of the molecule is Cc1c(CC(=O)NCC(C)(C)C(=O)O)nnn1-c1ccccc1. The van der Waals surface area contributed by atoms with Crippen molar-refractivity contribution < 1.29 is 14.7 Å². The zero-order valence-electron chi connectivity index (χ0n) is 13.4. The van der Waals surface area contributed by atoms with Crippen LogP contribution in [0.2, 0.25) is 0 Å². The van der Waals surface area contributed by atoms with Crippen LogP contribution in [0, 0.1) is 12.3 Å². The van der Waals surface area contributed by atoms with E-state index in [0.29, 0.717) is 5.69 Å². The van der Waals surface area contributed by atoms with E-state index < -0.39 is 11.4 Å². The molecule has 0 bridgehead atoms. The summed E-state index contributed by atoms with van der Waals surface area (Å²) in [6.07, 6.45) is 0.0639. The number of nitrogens with one attached hydrogen (secondary N) is 1. The van der Waals surface area contributed by atoms with Crippen LogP contribution in [0.1, 0.15) is 25.2 Å². The summed E-state index contributed by atoms with van der Waals surface area (Å²) in [4.78, 5) is 23.0. The van der Waals surface area contributed by atoms with Crippen LogP contribution in [0.25, 0.3) is 5.69 Å². The number of hydrogen-bond acceptors (Lipinski definition) is 4. The standard InChI is InChI=1S/C16H20N4O3/c1-11-13(9-14(21)17-10-16(2,3)15(22)23)18-19-20(11)12-7-5-4-6-8-12/h4-8H,9-10H2,1-3H3,(H,17,21)(H,22,23). The summed E-state index contributed by atoms with van der Waals surface area (Å²) in [7, 11) is 0. The number of nitrogens with zero attached hydrogens (tertiary/aromatic N) is 3. The maximum atomic E-state index is 12.0. The second-order valence-electron chi connectivity index (χ2n) is 6.01. The van der Waals surface area contributed by atoms with Gasteiger partial charge in [-0.25, -0.2) is 4.68 Å². The van der Waals surface area contributed by atoms with Crippen molar-refractivity contribution >= 4 is 11.9 Å². The first-order valence-electron chi connectivity index (χ1n) is 7.28. The average molecular weight is 316 g/mol. The molecule has 0 unspecified atom stereocenters. The summed E-state index contributed by atoms with van der Waals surface area (Å²) >= 11 is 0. The number of carbonyl (C=O) groups is 2. The molecular formula is C16H20N4O3. The molecule has 122 valence electrons. The first kappa shape index (κ1) is 16.7. The molecule has 2 aromatic rings. The van der Waals surface area contributed by atoms with Crippen LogP contribution in [-0.4, -0.2) is 38.5 Å². The van der Waals surface area contributed by atoms with E-state index >= 15 is 0 Å². The van der Waals surface area contributed by atoms with Crippen molar-refractivity contribution in [2.45, 2.75) is 27.2 Å². The van der Waals surface area contributed by atoms with Gasteiger partial charge < -0.3 is 10.4 Å². The molecule has 1 heterocycles. The lowest BCUT2D eigenvalue weighted by atomic mass is 9.94. The van der Waals surface area contributed by atoms with E-state index in [-0.39, 0.29) is 18.9 Å². The van der Waals surface area contributed by atoms with Crippen LogP contribution < -0.4 is 5.32 Å². The van der Waals surface area contributed by atoms with Gasteiger partial charge in [0.15, 0.2) is 0 Å². The van der Waals surface area contributed by atoms with E-state index in [1.807, 2.05) is 37.3 Å². The Hall–Kier alpha value is -2.70. The highest BCUT2D eigenvalue weighted by Crippen LogP contribution is 2.14. The smallest absolute Gasteiger partial charge is 0.310 e. The number of carboxylic acids is 1. The summed E-state index contributed by atoms with van der Waals surface area (Å²) in [6, 6.07) is 9.52. The Bertz CT molecular complexity index is 707. The molecule has 0 saturated heterocycles. The van der Waals surface area contributed by atoms with Crippen LogP contribution in [-0.2, 0) is 16.0 Å². The minimum atomic E-state index is -1.01. The molecule has 1 amide bonds. The van der Waals surface area contributed by atoms with Gasteiger partial charge >= 0.3 is 5.97 Å². The largest absolute Gasteiger partial charge is 0.481 e. The lowest BCUT2D eigenvalue weighted by Gasteiger charge is -2.19. The number of carboxylic acid groups (broad SMARTS) is 1. The summed E-state index contributed by atoms with van der Waals surface area (Å²) in [5.41, 5.74) is 1.21. The van der Waals surface area contributed by atoms with Gasteiger partial charge in [-0.3, -0.25) is 9.59 Å².